The van der Waals surface area contributed by atoms with Gasteiger partial charge in [0.1, 0.15) is 5.82 Å². The molecule has 4 aromatic rings. The Kier molecular flexibility index (Phi) is 5.66. The molecular formula is C20H19N7OS. The van der Waals surface area contributed by atoms with Crippen LogP contribution >= 0.6 is 11.8 Å². The fourth-order valence-electron chi connectivity index (χ4n) is 2.88. The number of imidazole rings is 1. The summed E-state index contributed by atoms with van der Waals surface area (Å²) >= 11 is 1.51. The zero-order valence-electron chi connectivity index (χ0n) is 15.8. The molecule has 2 heterocycles. The second-order valence-electron chi connectivity index (χ2n) is 6.35. The number of nitrogens with zero attached hydrogens (tertiary/aromatic N) is 6. The summed E-state index contributed by atoms with van der Waals surface area (Å²) in [7, 11) is 0. The smallest absolute Gasteiger partial charge is 0.221 e. The number of aromatic nitrogens is 6. The van der Waals surface area contributed by atoms with Crippen molar-refractivity contribution >= 4 is 23.4 Å². The molecule has 0 bridgehead atoms. The summed E-state index contributed by atoms with van der Waals surface area (Å²) in [5.41, 5.74) is 2.69. The molecule has 146 valence electrons. The Morgan fingerprint density at radius 3 is 2.83 bits per heavy atom. The predicted octanol–water partition coefficient (Wildman–Crippen LogP) is 3.16. The van der Waals surface area contributed by atoms with E-state index in [1.54, 1.807) is 10.9 Å². The molecule has 0 unspecified atom stereocenters. The van der Waals surface area contributed by atoms with Crippen LogP contribution in [0.5, 0.6) is 0 Å². The monoisotopic (exact) mass is 405 g/mol. The maximum absolute atomic E-state index is 11.3. The minimum absolute atomic E-state index is 0.126. The van der Waals surface area contributed by atoms with Crippen molar-refractivity contribution in [2.45, 2.75) is 24.4 Å². The molecule has 4 rings (SSSR count). The number of benzene rings is 2. The van der Waals surface area contributed by atoms with E-state index in [0.717, 1.165) is 18.1 Å². The van der Waals surface area contributed by atoms with Crippen molar-refractivity contribution in [1.29, 1.82) is 0 Å². The maximum atomic E-state index is 11.3. The van der Waals surface area contributed by atoms with Crippen molar-refractivity contribution in [2.24, 2.45) is 0 Å². The van der Waals surface area contributed by atoms with Crippen LogP contribution in [-0.4, -0.2) is 35.7 Å². The summed E-state index contributed by atoms with van der Waals surface area (Å²) in [6, 6.07) is 17.7. The lowest BCUT2D eigenvalue weighted by Crippen LogP contribution is -2.07. The van der Waals surface area contributed by atoms with Crippen LogP contribution < -0.4 is 5.32 Å². The number of anilines is 1. The van der Waals surface area contributed by atoms with E-state index in [1.165, 1.54) is 24.2 Å². The van der Waals surface area contributed by atoms with Crippen LogP contribution in [-0.2, 0) is 17.1 Å². The normalized spacial score (nSPS) is 10.8. The van der Waals surface area contributed by atoms with E-state index in [1.807, 2.05) is 48.7 Å². The van der Waals surface area contributed by atoms with Gasteiger partial charge in [-0.05, 0) is 34.2 Å². The molecule has 8 nitrogen and oxygen atoms in total. The van der Waals surface area contributed by atoms with Gasteiger partial charge in [0.15, 0.2) is 0 Å². The summed E-state index contributed by atoms with van der Waals surface area (Å²) in [6.07, 6.45) is 3.78. The van der Waals surface area contributed by atoms with Crippen molar-refractivity contribution in [3.05, 3.63) is 78.4 Å². The summed E-state index contributed by atoms with van der Waals surface area (Å²) in [5.74, 6) is 1.45. The van der Waals surface area contributed by atoms with Gasteiger partial charge < -0.3 is 9.88 Å². The average Bonchev–Trinajstić information content (AvgIpc) is 3.36. The van der Waals surface area contributed by atoms with Gasteiger partial charge in [0, 0.05) is 31.5 Å². The number of amides is 1. The van der Waals surface area contributed by atoms with E-state index in [0.29, 0.717) is 16.6 Å². The molecule has 0 aliphatic heterocycles. The minimum atomic E-state index is -0.126. The largest absolute Gasteiger partial charge is 0.330 e. The summed E-state index contributed by atoms with van der Waals surface area (Å²) in [4.78, 5) is 15.8. The molecule has 0 saturated carbocycles. The SMILES string of the molecule is CC(=O)Nc1cccc(-n2nnnc2SCc2nccn2Cc2ccccc2)c1. The Morgan fingerprint density at radius 1 is 1.14 bits per heavy atom. The minimum Gasteiger partial charge on any atom is -0.330 e. The molecule has 1 amide bonds. The van der Waals surface area contributed by atoms with E-state index in [-0.39, 0.29) is 5.91 Å². The highest BCUT2D eigenvalue weighted by atomic mass is 32.2. The molecule has 0 fully saturated rings. The van der Waals surface area contributed by atoms with Crippen molar-refractivity contribution in [2.75, 3.05) is 5.32 Å². The number of hydrogen-bond donors (Lipinski definition) is 1. The summed E-state index contributed by atoms with van der Waals surface area (Å²) in [6.45, 7) is 2.24. The van der Waals surface area contributed by atoms with Gasteiger partial charge in [-0.15, -0.1) is 5.10 Å². The van der Waals surface area contributed by atoms with Gasteiger partial charge in [-0.25, -0.2) is 4.98 Å². The Morgan fingerprint density at radius 2 is 2.00 bits per heavy atom. The summed E-state index contributed by atoms with van der Waals surface area (Å²) < 4.78 is 3.77. The van der Waals surface area contributed by atoms with Gasteiger partial charge in [-0.2, -0.15) is 4.68 Å². The molecule has 0 aliphatic rings. The Balaban J connectivity index is 1.49. The molecular weight excluding hydrogens is 386 g/mol. The van der Waals surface area contributed by atoms with Gasteiger partial charge in [0.25, 0.3) is 0 Å². The third-order valence-corrected chi connectivity index (χ3v) is 5.10. The van der Waals surface area contributed by atoms with E-state index in [2.05, 4.69) is 42.5 Å². The molecule has 2 aromatic heterocycles. The van der Waals surface area contributed by atoms with E-state index in [9.17, 15) is 4.79 Å². The van der Waals surface area contributed by atoms with Crippen molar-refractivity contribution in [3.63, 3.8) is 0 Å². The first-order chi connectivity index (χ1) is 14.2. The number of thioether (sulfide) groups is 1. The molecule has 0 atom stereocenters. The van der Waals surface area contributed by atoms with Crippen LogP contribution in [0.25, 0.3) is 5.69 Å². The first kappa shape index (κ1) is 18.9. The number of carbonyl (C=O) groups is 1. The highest BCUT2D eigenvalue weighted by molar-refractivity contribution is 7.98. The highest BCUT2D eigenvalue weighted by Crippen LogP contribution is 2.23. The average molecular weight is 405 g/mol. The second-order valence-corrected chi connectivity index (χ2v) is 7.29. The second kappa shape index (κ2) is 8.70. The third kappa shape index (κ3) is 4.69. The zero-order chi connectivity index (χ0) is 20.1. The fraction of sp³-hybridized carbons (Fsp3) is 0.150. The summed E-state index contributed by atoms with van der Waals surface area (Å²) in [5, 5.41) is 15.5. The first-order valence-electron chi connectivity index (χ1n) is 9.02. The van der Waals surface area contributed by atoms with Crippen LogP contribution in [0, 0.1) is 0 Å². The molecule has 2 aromatic carbocycles. The quantitative estimate of drug-likeness (QED) is 0.475. The van der Waals surface area contributed by atoms with Gasteiger partial charge in [0.2, 0.25) is 11.1 Å². The Hall–Kier alpha value is -3.46. The molecule has 9 heteroatoms. The van der Waals surface area contributed by atoms with Crippen molar-refractivity contribution in [3.8, 4) is 5.69 Å². The molecule has 1 N–H and O–H groups in total. The number of nitrogens with one attached hydrogen (secondary N) is 1. The topological polar surface area (TPSA) is 90.5 Å². The van der Waals surface area contributed by atoms with Crippen LogP contribution in [0.2, 0.25) is 0 Å². The van der Waals surface area contributed by atoms with Crippen LogP contribution in [0.15, 0.2) is 72.1 Å². The van der Waals surface area contributed by atoms with Crippen molar-refractivity contribution < 1.29 is 4.79 Å². The van der Waals surface area contributed by atoms with Gasteiger partial charge in [0.05, 0.1) is 11.4 Å². The highest BCUT2D eigenvalue weighted by Gasteiger charge is 2.12. The Labute approximate surface area is 172 Å². The van der Waals surface area contributed by atoms with Gasteiger partial charge in [-0.1, -0.05) is 48.2 Å². The Bertz CT molecular complexity index is 1110. The lowest BCUT2D eigenvalue weighted by Gasteiger charge is -2.09. The van der Waals surface area contributed by atoms with Gasteiger partial charge in [-0.3, -0.25) is 4.79 Å². The zero-order valence-corrected chi connectivity index (χ0v) is 16.6. The van der Waals surface area contributed by atoms with Crippen molar-refractivity contribution in [1.82, 2.24) is 29.8 Å². The first-order valence-corrected chi connectivity index (χ1v) is 10.0. The predicted molar refractivity (Wildman–Crippen MR) is 111 cm³/mol. The number of carbonyl (C=O) groups excluding carboxylic acids is 1. The van der Waals surface area contributed by atoms with Gasteiger partial charge >= 0.3 is 0 Å². The third-order valence-electron chi connectivity index (χ3n) is 4.18. The molecule has 0 spiro atoms. The molecule has 0 radical (unpaired) electrons. The number of tetrazole rings is 1. The van der Waals surface area contributed by atoms with Crippen LogP contribution in [0.3, 0.4) is 0 Å². The number of rotatable bonds is 7. The van der Waals surface area contributed by atoms with E-state index < -0.39 is 0 Å². The molecule has 0 saturated heterocycles. The standard InChI is InChI=1S/C20H19N7OS/c1-15(28)22-17-8-5-9-18(12-17)27-20(23-24-25-27)29-14-19-21-10-11-26(19)13-16-6-3-2-4-7-16/h2-12H,13-14H2,1H3,(H,22,28). The van der Waals surface area contributed by atoms with E-state index in [4.69, 9.17) is 0 Å². The molecule has 29 heavy (non-hydrogen) atoms. The van der Waals surface area contributed by atoms with Crippen LogP contribution in [0.4, 0.5) is 5.69 Å². The van der Waals surface area contributed by atoms with Crippen LogP contribution in [0.1, 0.15) is 18.3 Å². The lowest BCUT2D eigenvalue weighted by molar-refractivity contribution is -0.114. The maximum Gasteiger partial charge on any atom is 0.221 e. The number of hydrogen-bond acceptors (Lipinski definition) is 6. The fourth-order valence-corrected chi connectivity index (χ4v) is 3.74. The lowest BCUT2D eigenvalue weighted by atomic mass is 10.2. The van der Waals surface area contributed by atoms with E-state index >= 15 is 0 Å². The molecule has 0 aliphatic carbocycles.